The van der Waals surface area contributed by atoms with Crippen LogP contribution in [0.1, 0.15) is 41.3 Å². The largest absolute Gasteiger partial charge is 0.493 e. The molecule has 1 unspecified atom stereocenters. The van der Waals surface area contributed by atoms with Crippen molar-refractivity contribution in [1.29, 1.82) is 0 Å². The molecule has 3 aromatic carbocycles. The SMILES string of the molecule is C=CCc1ccc(OCCCn2c(C3CC(=O)N(c4cccc(C)c4C)C3)nc3ccccc32)c(OC)c1. The molecular formula is C32H35N3O3. The van der Waals surface area contributed by atoms with Gasteiger partial charge in [0.25, 0.3) is 0 Å². The molecule has 38 heavy (non-hydrogen) atoms. The van der Waals surface area contributed by atoms with Crippen molar-refractivity contribution < 1.29 is 14.3 Å². The predicted molar refractivity (Wildman–Crippen MR) is 152 cm³/mol. The summed E-state index contributed by atoms with van der Waals surface area (Å²) in [5.74, 6) is 2.63. The summed E-state index contributed by atoms with van der Waals surface area (Å²) >= 11 is 0. The lowest BCUT2D eigenvalue weighted by molar-refractivity contribution is -0.117. The van der Waals surface area contributed by atoms with E-state index in [1.807, 2.05) is 59.5 Å². The quantitative estimate of drug-likeness (QED) is 0.184. The van der Waals surface area contributed by atoms with E-state index >= 15 is 0 Å². The molecule has 196 valence electrons. The average Bonchev–Trinajstić information content (AvgIpc) is 3.49. The molecule has 1 aromatic heterocycles. The molecule has 6 heteroatoms. The smallest absolute Gasteiger partial charge is 0.227 e. The van der Waals surface area contributed by atoms with Crippen LogP contribution in [0.4, 0.5) is 5.69 Å². The van der Waals surface area contributed by atoms with Gasteiger partial charge in [-0.15, -0.1) is 6.58 Å². The first-order chi connectivity index (χ1) is 18.5. The third kappa shape index (κ3) is 5.03. The first-order valence-corrected chi connectivity index (χ1v) is 13.2. The Kier molecular flexibility index (Phi) is 7.50. The summed E-state index contributed by atoms with van der Waals surface area (Å²) in [7, 11) is 1.66. The second-order valence-electron chi connectivity index (χ2n) is 9.91. The maximum atomic E-state index is 13.1. The van der Waals surface area contributed by atoms with E-state index < -0.39 is 0 Å². The number of aryl methyl sites for hydroxylation is 2. The zero-order valence-corrected chi connectivity index (χ0v) is 22.4. The lowest BCUT2D eigenvalue weighted by atomic mass is 10.1. The van der Waals surface area contributed by atoms with Crippen LogP contribution in [-0.4, -0.2) is 35.7 Å². The highest BCUT2D eigenvalue weighted by molar-refractivity contribution is 5.97. The standard InChI is InChI=1S/C32H35N3O3/c1-5-10-24-15-16-29(30(19-24)37-4)38-18-9-17-34-28-13-7-6-12-26(28)33-32(34)25-20-31(36)35(21-25)27-14-8-11-22(2)23(27)3/h5-8,11-16,19,25H,1,9-10,17-18,20-21H2,2-4H3. The van der Waals surface area contributed by atoms with E-state index in [2.05, 4.69) is 37.1 Å². The number of hydrogen-bond donors (Lipinski definition) is 0. The van der Waals surface area contributed by atoms with Crippen molar-refractivity contribution in [1.82, 2.24) is 9.55 Å². The van der Waals surface area contributed by atoms with Gasteiger partial charge in [-0.25, -0.2) is 4.98 Å². The molecule has 0 bridgehead atoms. The zero-order valence-electron chi connectivity index (χ0n) is 22.4. The summed E-state index contributed by atoms with van der Waals surface area (Å²) < 4.78 is 13.9. The molecule has 1 saturated heterocycles. The lowest BCUT2D eigenvalue weighted by Gasteiger charge is -2.20. The number of hydrogen-bond acceptors (Lipinski definition) is 4. The van der Waals surface area contributed by atoms with E-state index in [1.54, 1.807) is 7.11 Å². The van der Waals surface area contributed by atoms with Crippen molar-refractivity contribution in [3.63, 3.8) is 0 Å². The van der Waals surface area contributed by atoms with Gasteiger partial charge in [0.15, 0.2) is 11.5 Å². The van der Waals surface area contributed by atoms with E-state index in [-0.39, 0.29) is 11.8 Å². The van der Waals surface area contributed by atoms with Crippen LogP contribution in [0.2, 0.25) is 0 Å². The molecule has 1 amide bonds. The van der Waals surface area contributed by atoms with Crippen LogP contribution in [0.15, 0.2) is 73.3 Å². The number of nitrogens with zero attached hydrogens (tertiary/aromatic N) is 3. The van der Waals surface area contributed by atoms with Crippen LogP contribution in [0.25, 0.3) is 11.0 Å². The molecule has 1 aliphatic heterocycles. The second-order valence-corrected chi connectivity index (χ2v) is 9.91. The number of ether oxygens (including phenoxy) is 2. The molecule has 0 spiro atoms. The number of anilines is 1. The van der Waals surface area contributed by atoms with Crippen LogP contribution in [0, 0.1) is 13.8 Å². The number of carbonyl (C=O) groups is 1. The minimum absolute atomic E-state index is 0.0354. The van der Waals surface area contributed by atoms with Crippen LogP contribution in [0.5, 0.6) is 11.5 Å². The first-order valence-electron chi connectivity index (χ1n) is 13.2. The summed E-state index contributed by atoms with van der Waals surface area (Å²) in [4.78, 5) is 20.1. The van der Waals surface area contributed by atoms with Crippen molar-refractivity contribution in [3.05, 3.63) is 95.8 Å². The topological polar surface area (TPSA) is 56.6 Å². The normalized spacial score (nSPS) is 15.3. The van der Waals surface area contributed by atoms with Crippen molar-refractivity contribution in [2.45, 2.75) is 45.6 Å². The third-order valence-corrected chi connectivity index (χ3v) is 7.43. The first kappa shape index (κ1) is 25.6. The number of aromatic nitrogens is 2. The maximum absolute atomic E-state index is 13.1. The predicted octanol–water partition coefficient (Wildman–Crippen LogP) is 6.38. The molecule has 1 fully saturated rings. The highest BCUT2D eigenvalue weighted by Gasteiger charge is 2.35. The molecule has 2 heterocycles. The number of para-hydroxylation sites is 2. The summed E-state index contributed by atoms with van der Waals surface area (Å²) in [6, 6.07) is 20.4. The van der Waals surface area contributed by atoms with Gasteiger partial charge in [-0.1, -0.05) is 36.4 Å². The van der Waals surface area contributed by atoms with E-state index in [0.717, 1.165) is 64.6 Å². The Labute approximate surface area is 224 Å². The fourth-order valence-corrected chi connectivity index (χ4v) is 5.31. The molecule has 1 aliphatic rings. The number of allylic oxidation sites excluding steroid dienone is 1. The van der Waals surface area contributed by atoms with E-state index in [9.17, 15) is 4.79 Å². The summed E-state index contributed by atoms with van der Waals surface area (Å²) in [6.45, 7) is 9.91. The summed E-state index contributed by atoms with van der Waals surface area (Å²) in [5.41, 5.74) is 6.53. The van der Waals surface area contributed by atoms with Gasteiger partial charge in [0, 0.05) is 31.1 Å². The monoisotopic (exact) mass is 509 g/mol. The molecule has 0 aliphatic carbocycles. The number of methoxy groups -OCH3 is 1. The van der Waals surface area contributed by atoms with E-state index in [4.69, 9.17) is 14.5 Å². The Morgan fingerprint density at radius 1 is 1.08 bits per heavy atom. The average molecular weight is 510 g/mol. The second kappa shape index (κ2) is 11.1. The van der Waals surface area contributed by atoms with Crippen molar-refractivity contribution in [2.24, 2.45) is 0 Å². The Morgan fingerprint density at radius 2 is 1.92 bits per heavy atom. The number of rotatable bonds is 10. The minimum Gasteiger partial charge on any atom is -0.493 e. The Balaban J connectivity index is 1.33. The van der Waals surface area contributed by atoms with Gasteiger partial charge in [0.1, 0.15) is 5.82 Å². The summed E-state index contributed by atoms with van der Waals surface area (Å²) in [6.07, 6.45) is 3.92. The van der Waals surface area contributed by atoms with Crippen LogP contribution >= 0.6 is 0 Å². The molecule has 4 aromatic rings. The van der Waals surface area contributed by atoms with Gasteiger partial charge in [-0.3, -0.25) is 4.79 Å². The Hall–Kier alpha value is -4.06. The zero-order chi connectivity index (χ0) is 26.6. The summed E-state index contributed by atoms with van der Waals surface area (Å²) in [5, 5.41) is 0. The number of imidazole rings is 1. The van der Waals surface area contributed by atoms with Gasteiger partial charge in [-0.05, 0) is 73.7 Å². The number of fused-ring (bicyclic) bond motifs is 1. The minimum atomic E-state index is 0.0354. The van der Waals surface area contributed by atoms with Crippen LogP contribution in [0.3, 0.4) is 0 Å². The lowest BCUT2D eigenvalue weighted by Crippen LogP contribution is -2.25. The molecular weight excluding hydrogens is 474 g/mol. The van der Waals surface area contributed by atoms with Gasteiger partial charge in [0.05, 0.1) is 24.8 Å². The fraction of sp³-hybridized carbons (Fsp3) is 0.312. The van der Waals surface area contributed by atoms with Crippen molar-refractivity contribution in [2.75, 3.05) is 25.2 Å². The molecule has 6 nitrogen and oxygen atoms in total. The van der Waals surface area contributed by atoms with Crippen LogP contribution in [-0.2, 0) is 17.8 Å². The molecule has 1 atom stereocenters. The fourth-order valence-electron chi connectivity index (χ4n) is 5.31. The maximum Gasteiger partial charge on any atom is 0.227 e. The Bertz CT molecular complexity index is 1470. The molecule has 0 N–H and O–H groups in total. The Morgan fingerprint density at radius 3 is 2.74 bits per heavy atom. The van der Waals surface area contributed by atoms with E-state index in [1.165, 1.54) is 5.56 Å². The van der Waals surface area contributed by atoms with Gasteiger partial charge < -0.3 is 18.9 Å². The molecule has 0 radical (unpaired) electrons. The molecule has 5 rings (SSSR count). The molecule has 0 saturated carbocycles. The van der Waals surface area contributed by atoms with Crippen molar-refractivity contribution >= 4 is 22.6 Å². The third-order valence-electron chi connectivity index (χ3n) is 7.43. The van der Waals surface area contributed by atoms with Gasteiger partial charge in [0.2, 0.25) is 5.91 Å². The number of amides is 1. The van der Waals surface area contributed by atoms with Gasteiger partial charge in [-0.2, -0.15) is 0 Å². The number of benzene rings is 3. The van der Waals surface area contributed by atoms with E-state index in [0.29, 0.717) is 19.6 Å². The van der Waals surface area contributed by atoms with Gasteiger partial charge >= 0.3 is 0 Å². The van der Waals surface area contributed by atoms with Crippen LogP contribution < -0.4 is 14.4 Å². The number of carbonyl (C=O) groups excluding carboxylic acids is 1. The van der Waals surface area contributed by atoms with Crippen molar-refractivity contribution in [3.8, 4) is 11.5 Å². The highest BCUT2D eigenvalue weighted by atomic mass is 16.5. The highest BCUT2D eigenvalue weighted by Crippen LogP contribution is 2.35.